The number of ether oxygens (including phenoxy) is 1. The SMILES string of the molecule is O=C(NC(C(=O)CC1CCNC(=O)C1=O)c1ccccc1)OCc1ccccc1. The second-order valence-electron chi connectivity index (χ2n) is 6.83. The zero-order chi connectivity index (χ0) is 20.6. The lowest BCUT2D eigenvalue weighted by Gasteiger charge is -2.23. The molecule has 7 nitrogen and oxygen atoms in total. The number of ketones is 2. The number of Topliss-reactive ketones (excluding diaryl/α,β-unsaturated/α-hetero) is 2. The predicted molar refractivity (Wildman–Crippen MR) is 105 cm³/mol. The molecule has 2 aromatic rings. The summed E-state index contributed by atoms with van der Waals surface area (Å²) < 4.78 is 5.23. The molecule has 150 valence electrons. The van der Waals surface area contributed by atoms with Gasteiger partial charge in [0.25, 0.3) is 5.91 Å². The van der Waals surface area contributed by atoms with Gasteiger partial charge in [-0.05, 0) is 17.5 Å². The Labute approximate surface area is 168 Å². The van der Waals surface area contributed by atoms with Gasteiger partial charge in [0.05, 0.1) is 0 Å². The van der Waals surface area contributed by atoms with Crippen LogP contribution in [0.3, 0.4) is 0 Å². The Morgan fingerprint density at radius 2 is 1.69 bits per heavy atom. The van der Waals surface area contributed by atoms with Crippen LogP contribution in [0.25, 0.3) is 0 Å². The lowest BCUT2D eigenvalue weighted by molar-refractivity contribution is -0.143. The number of hydrogen-bond donors (Lipinski definition) is 2. The molecule has 2 aromatic carbocycles. The maximum Gasteiger partial charge on any atom is 0.408 e. The summed E-state index contributed by atoms with van der Waals surface area (Å²) in [6, 6.07) is 17.0. The van der Waals surface area contributed by atoms with E-state index in [-0.39, 0.29) is 18.8 Å². The molecular weight excluding hydrogens is 372 g/mol. The lowest BCUT2D eigenvalue weighted by atomic mass is 9.87. The molecule has 1 aliphatic heterocycles. The highest BCUT2D eigenvalue weighted by Gasteiger charge is 2.33. The monoisotopic (exact) mass is 394 g/mol. The fourth-order valence-corrected chi connectivity index (χ4v) is 3.20. The van der Waals surface area contributed by atoms with Crippen molar-refractivity contribution in [3.63, 3.8) is 0 Å². The van der Waals surface area contributed by atoms with E-state index in [9.17, 15) is 19.2 Å². The molecule has 2 unspecified atom stereocenters. The van der Waals surface area contributed by atoms with Crippen LogP contribution >= 0.6 is 0 Å². The molecule has 0 aromatic heterocycles. The van der Waals surface area contributed by atoms with Gasteiger partial charge in [0.15, 0.2) is 5.78 Å². The van der Waals surface area contributed by atoms with Gasteiger partial charge in [0, 0.05) is 18.9 Å². The average Bonchev–Trinajstić information content (AvgIpc) is 2.75. The molecule has 1 heterocycles. The summed E-state index contributed by atoms with van der Waals surface area (Å²) in [6.45, 7) is 0.425. The number of hydrogen-bond acceptors (Lipinski definition) is 5. The molecule has 29 heavy (non-hydrogen) atoms. The highest BCUT2D eigenvalue weighted by molar-refractivity contribution is 6.37. The molecule has 1 aliphatic rings. The Morgan fingerprint density at radius 3 is 2.38 bits per heavy atom. The molecule has 0 bridgehead atoms. The predicted octanol–water partition coefficient (Wildman–Crippen LogP) is 2.32. The van der Waals surface area contributed by atoms with Crippen LogP contribution in [0.2, 0.25) is 0 Å². The standard InChI is InChI=1S/C22H22N2O5/c25-18(13-17-11-12-23-21(27)20(17)26)19(16-9-5-2-6-10-16)24-22(28)29-14-15-7-3-1-4-8-15/h1-10,17,19H,11-14H2,(H,23,27)(H,24,28). The fraction of sp³-hybridized carbons (Fsp3) is 0.273. The van der Waals surface area contributed by atoms with Crippen LogP contribution in [0.4, 0.5) is 4.79 Å². The van der Waals surface area contributed by atoms with Gasteiger partial charge in [-0.1, -0.05) is 60.7 Å². The normalized spacial score (nSPS) is 17.2. The number of alkyl carbamates (subject to hydrolysis) is 1. The van der Waals surface area contributed by atoms with Crippen molar-refractivity contribution in [3.8, 4) is 0 Å². The van der Waals surface area contributed by atoms with Gasteiger partial charge < -0.3 is 15.4 Å². The average molecular weight is 394 g/mol. The Balaban J connectivity index is 1.67. The number of piperidine rings is 1. The largest absolute Gasteiger partial charge is 0.445 e. The molecule has 0 radical (unpaired) electrons. The lowest BCUT2D eigenvalue weighted by Crippen LogP contribution is -2.44. The number of benzene rings is 2. The van der Waals surface area contributed by atoms with Crippen LogP contribution in [-0.4, -0.2) is 30.1 Å². The van der Waals surface area contributed by atoms with Gasteiger partial charge in [-0.15, -0.1) is 0 Å². The Bertz CT molecular complexity index is 883. The first kappa shape index (κ1) is 20.3. The fourth-order valence-electron chi connectivity index (χ4n) is 3.20. The van der Waals surface area contributed by atoms with E-state index in [1.54, 1.807) is 30.3 Å². The van der Waals surface area contributed by atoms with Crippen LogP contribution < -0.4 is 10.6 Å². The van der Waals surface area contributed by atoms with E-state index in [0.29, 0.717) is 18.5 Å². The third-order valence-electron chi connectivity index (χ3n) is 4.75. The molecule has 7 heteroatoms. The minimum Gasteiger partial charge on any atom is -0.445 e. The number of carbonyl (C=O) groups is 4. The summed E-state index contributed by atoms with van der Waals surface area (Å²) in [4.78, 5) is 48.8. The topological polar surface area (TPSA) is 102 Å². The van der Waals surface area contributed by atoms with E-state index in [1.165, 1.54) is 0 Å². The third kappa shape index (κ3) is 5.51. The van der Waals surface area contributed by atoms with Crippen molar-refractivity contribution >= 4 is 23.6 Å². The molecule has 2 N–H and O–H groups in total. The Kier molecular flexibility index (Phi) is 6.73. The zero-order valence-electron chi connectivity index (χ0n) is 15.8. The highest BCUT2D eigenvalue weighted by Crippen LogP contribution is 2.22. The Hall–Kier alpha value is -3.48. The second kappa shape index (κ2) is 9.64. The van der Waals surface area contributed by atoms with Gasteiger partial charge >= 0.3 is 6.09 Å². The van der Waals surface area contributed by atoms with E-state index >= 15 is 0 Å². The smallest absolute Gasteiger partial charge is 0.408 e. The third-order valence-corrected chi connectivity index (χ3v) is 4.75. The van der Waals surface area contributed by atoms with Crippen molar-refractivity contribution in [1.82, 2.24) is 10.6 Å². The van der Waals surface area contributed by atoms with Crippen molar-refractivity contribution < 1.29 is 23.9 Å². The van der Waals surface area contributed by atoms with E-state index in [0.717, 1.165) is 5.56 Å². The molecule has 2 atom stereocenters. The first-order chi connectivity index (χ1) is 14.0. The van der Waals surface area contributed by atoms with Gasteiger partial charge in [-0.3, -0.25) is 14.4 Å². The quantitative estimate of drug-likeness (QED) is 0.702. The molecule has 2 amide bonds. The maximum absolute atomic E-state index is 12.9. The van der Waals surface area contributed by atoms with Crippen LogP contribution in [0.15, 0.2) is 60.7 Å². The van der Waals surface area contributed by atoms with Crippen LogP contribution in [0.5, 0.6) is 0 Å². The highest BCUT2D eigenvalue weighted by atomic mass is 16.5. The molecular formula is C22H22N2O5. The summed E-state index contributed by atoms with van der Waals surface area (Å²) in [7, 11) is 0. The summed E-state index contributed by atoms with van der Waals surface area (Å²) in [6.07, 6.45) is -0.454. The van der Waals surface area contributed by atoms with Gasteiger partial charge in [-0.2, -0.15) is 0 Å². The van der Waals surface area contributed by atoms with Gasteiger partial charge in [-0.25, -0.2) is 4.79 Å². The van der Waals surface area contributed by atoms with Crippen molar-refractivity contribution in [3.05, 3.63) is 71.8 Å². The summed E-state index contributed by atoms with van der Waals surface area (Å²) >= 11 is 0. The van der Waals surface area contributed by atoms with Gasteiger partial charge in [0.1, 0.15) is 12.6 Å². The van der Waals surface area contributed by atoms with Gasteiger partial charge in [0.2, 0.25) is 5.78 Å². The van der Waals surface area contributed by atoms with E-state index < -0.39 is 29.7 Å². The minimum atomic E-state index is -0.961. The molecule has 1 saturated heterocycles. The Morgan fingerprint density at radius 1 is 1.03 bits per heavy atom. The molecule has 0 aliphatic carbocycles. The maximum atomic E-state index is 12.9. The summed E-state index contributed by atoms with van der Waals surface area (Å²) in [5.74, 6) is -2.28. The van der Waals surface area contributed by atoms with Crippen molar-refractivity contribution in [2.24, 2.45) is 5.92 Å². The van der Waals surface area contributed by atoms with Crippen LogP contribution in [0, 0.1) is 5.92 Å². The summed E-state index contributed by atoms with van der Waals surface area (Å²) in [5.41, 5.74) is 1.41. The molecule has 3 rings (SSSR count). The van der Waals surface area contributed by atoms with Crippen LogP contribution in [0.1, 0.15) is 30.0 Å². The van der Waals surface area contributed by atoms with Crippen LogP contribution in [-0.2, 0) is 25.7 Å². The first-order valence-electron chi connectivity index (χ1n) is 9.41. The van der Waals surface area contributed by atoms with Crippen molar-refractivity contribution in [2.45, 2.75) is 25.5 Å². The van der Waals surface area contributed by atoms with E-state index in [4.69, 9.17) is 4.74 Å². The first-order valence-corrected chi connectivity index (χ1v) is 9.41. The number of rotatable bonds is 7. The van der Waals surface area contributed by atoms with E-state index in [1.807, 2.05) is 30.3 Å². The molecule has 0 saturated carbocycles. The number of amides is 2. The second-order valence-corrected chi connectivity index (χ2v) is 6.83. The molecule has 1 fully saturated rings. The van der Waals surface area contributed by atoms with E-state index in [2.05, 4.69) is 10.6 Å². The number of nitrogens with one attached hydrogen (secondary N) is 2. The van der Waals surface area contributed by atoms with Crippen molar-refractivity contribution in [2.75, 3.05) is 6.54 Å². The zero-order valence-corrected chi connectivity index (χ0v) is 15.8. The number of carbonyl (C=O) groups excluding carboxylic acids is 4. The molecule has 0 spiro atoms. The minimum absolute atomic E-state index is 0.0731. The summed E-state index contributed by atoms with van der Waals surface area (Å²) in [5, 5.41) is 5.07. The van der Waals surface area contributed by atoms with Crippen molar-refractivity contribution in [1.29, 1.82) is 0 Å².